The highest BCUT2D eigenvalue weighted by Crippen LogP contribution is 2.21. The van der Waals surface area contributed by atoms with Gasteiger partial charge in [-0.3, -0.25) is 4.68 Å². The summed E-state index contributed by atoms with van der Waals surface area (Å²) in [7, 11) is 1.92. The van der Waals surface area contributed by atoms with Gasteiger partial charge in [0, 0.05) is 24.8 Å². The van der Waals surface area contributed by atoms with E-state index in [-0.39, 0.29) is 0 Å². The monoisotopic (exact) mass is 198 g/mol. The van der Waals surface area contributed by atoms with Crippen molar-refractivity contribution in [1.82, 2.24) is 19.7 Å². The Kier molecular flexibility index (Phi) is 1.62. The lowest BCUT2D eigenvalue weighted by molar-refractivity contribution is 0.774. The predicted octanol–water partition coefficient (Wildman–Crippen LogP) is 1.96. The summed E-state index contributed by atoms with van der Waals surface area (Å²) in [5, 5.41) is 5.26. The Morgan fingerprint density at radius 3 is 2.93 bits per heavy atom. The van der Waals surface area contributed by atoms with E-state index in [0.29, 0.717) is 0 Å². The minimum atomic E-state index is 0.911. The SMILES string of the molecule is Cn1nccc1-c1cc2cccnc2[nH]1. The third-order valence-corrected chi connectivity index (χ3v) is 2.49. The Bertz CT molecular complexity index is 573. The molecule has 3 heterocycles. The Morgan fingerprint density at radius 2 is 2.20 bits per heavy atom. The van der Waals surface area contributed by atoms with E-state index in [1.807, 2.05) is 29.9 Å². The summed E-state index contributed by atoms with van der Waals surface area (Å²) < 4.78 is 1.84. The smallest absolute Gasteiger partial charge is 0.137 e. The standard InChI is InChI=1S/C11H10N4/c1-15-10(4-6-13-15)9-7-8-3-2-5-12-11(8)14-9/h2-7H,1H3,(H,12,14). The van der Waals surface area contributed by atoms with E-state index in [0.717, 1.165) is 22.4 Å². The molecule has 3 aromatic heterocycles. The molecule has 1 N–H and O–H groups in total. The van der Waals surface area contributed by atoms with Crippen LogP contribution >= 0.6 is 0 Å². The first-order valence-electron chi connectivity index (χ1n) is 4.77. The Morgan fingerprint density at radius 1 is 1.27 bits per heavy atom. The highest BCUT2D eigenvalue weighted by atomic mass is 15.3. The molecule has 74 valence electrons. The van der Waals surface area contributed by atoms with Gasteiger partial charge in [0.1, 0.15) is 5.65 Å². The van der Waals surface area contributed by atoms with Crippen LogP contribution in [0.2, 0.25) is 0 Å². The first-order valence-corrected chi connectivity index (χ1v) is 4.77. The van der Waals surface area contributed by atoms with Crippen molar-refractivity contribution in [2.75, 3.05) is 0 Å². The summed E-state index contributed by atoms with van der Waals surface area (Å²) in [4.78, 5) is 7.52. The van der Waals surface area contributed by atoms with Crippen LogP contribution in [0.1, 0.15) is 0 Å². The predicted molar refractivity (Wildman–Crippen MR) is 58.3 cm³/mol. The average Bonchev–Trinajstić information content (AvgIpc) is 2.82. The first kappa shape index (κ1) is 8.23. The van der Waals surface area contributed by atoms with Gasteiger partial charge in [-0.25, -0.2) is 4.98 Å². The van der Waals surface area contributed by atoms with E-state index >= 15 is 0 Å². The van der Waals surface area contributed by atoms with Crippen molar-refractivity contribution in [3.05, 3.63) is 36.7 Å². The second-order valence-electron chi connectivity index (χ2n) is 3.46. The average molecular weight is 198 g/mol. The molecule has 0 atom stereocenters. The van der Waals surface area contributed by atoms with E-state index in [1.165, 1.54) is 0 Å². The van der Waals surface area contributed by atoms with Crippen molar-refractivity contribution < 1.29 is 0 Å². The molecule has 0 radical (unpaired) electrons. The van der Waals surface area contributed by atoms with E-state index in [4.69, 9.17) is 0 Å². The zero-order valence-electron chi connectivity index (χ0n) is 8.31. The van der Waals surface area contributed by atoms with Gasteiger partial charge in [0.15, 0.2) is 0 Å². The van der Waals surface area contributed by atoms with Crippen LogP contribution in [-0.2, 0) is 7.05 Å². The second-order valence-corrected chi connectivity index (χ2v) is 3.46. The number of aryl methyl sites for hydroxylation is 1. The van der Waals surface area contributed by atoms with Gasteiger partial charge in [-0.1, -0.05) is 0 Å². The van der Waals surface area contributed by atoms with Gasteiger partial charge in [0.05, 0.1) is 11.4 Å². The van der Waals surface area contributed by atoms with Crippen LogP contribution in [0, 0.1) is 0 Å². The minimum absolute atomic E-state index is 0.911. The van der Waals surface area contributed by atoms with Crippen LogP contribution in [-0.4, -0.2) is 19.7 Å². The second kappa shape index (κ2) is 2.95. The summed E-state index contributed by atoms with van der Waals surface area (Å²) in [6, 6.07) is 8.03. The maximum atomic E-state index is 4.26. The van der Waals surface area contributed by atoms with Gasteiger partial charge in [0.2, 0.25) is 0 Å². The van der Waals surface area contributed by atoms with Crippen LogP contribution in [0.25, 0.3) is 22.4 Å². The van der Waals surface area contributed by atoms with Crippen molar-refractivity contribution in [3.8, 4) is 11.4 Å². The van der Waals surface area contributed by atoms with Crippen molar-refractivity contribution >= 4 is 11.0 Å². The van der Waals surface area contributed by atoms with Crippen LogP contribution in [0.3, 0.4) is 0 Å². The topological polar surface area (TPSA) is 46.5 Å². The number of fused-ring (bicyclic) bond motifs is 1. The number of pyridine rings is 1. The molecule has 15 heavy (non-hydrogen) atoms. The fraction of sp³-hybridized carbons (Fsp3) is 0.0909. The molecule has 0 aromatic carbocycles. The molecule has 4 nitrogen and oxygen atoms in total. The van der Waals surface area contributed by atoms with E-state index in [9.17, 15) is 0 Å². The van der Waals surface area contributed by atoms with E-state index in [1.54, 1.807) is 12.4 Å². The molecule has 0 amide bonds. The lowest BCUT2D eigenvalue weighted by atomic mass is 10.3. The van der Waals surface area contributed by atoms with Gasteiger partial charge in [-0.15, -0.1) is 0 Å². The molecule has 3 aromatic rings. The highest BCUT2D eigenvalue weighted by Gasteiger charge is 2.06. The molecule has 4 heteroatoms. The third kappa shape index (κ3) is 1.22. The molecule has 0 spiro atoms. The van der Waals surface area contributed by atoms with Crippen LogP contribution in [0.4, 0.5) is 0 Å². The third-order valence-electron chi connectivity index (χ3n) is 2.49. The number of hydrogen-bond acceptors (Lipinski definition) is 2. The van der Waals surface area contributed by atoms with Gasteiger partial charge >= 0.3 is 0 Å². The van der Waals surface area contributed by atoms with Gasteiger partial charge in [-0.2, -0.15) is 5.10 Å². The maximum Gasteiger partial charge on any atom is 0.137 e. The Labute approximate surface area is 86.6 Å². The van der Waals surface area contributed by atoms with Gasteiger partial charge < -0.3 is 4.98 Å². The van der Waals surface area contributed by atoms with Crippen LogP contribution < -0.4 is 0 Å². The maximum absolute atomic E-state index is 4.26. The lowest BCUT2D eigenvalue weighted by Gasteiger charge is -1.96. The number of aromatic amines is 1. The summed E-state index contributed by atoms with van der Waals surface area (Å²) in [5.74, 6) is 0. The summed E-state index contributed by atoms with van der Waals surface area (Å²) in [6.45, 7) is 0. The molecule has 0 aliphatic carbocycles. The van der Waals surface area contributed by atoms with Crippen LogP contribution in [0.15, 0.2) is 36.7 Å². The molecule has 0 saturated carbocycles. The molecule has 0 aliphatic heterocycles. The number of rotatable bonds is 1. The fourth-order valence-electron chi connectivity index (χ4n) is 1.73. The molecule has 0 fully saturated rings. The minimum Gasteiger partial charge on any atom is -0.338 e. The van der Waals surface area contributed by atoms with Gasteiger partial charge in [0.25, 0.3) is 0 Å². The quantitative estimate of drug-likeness (QED) is 0.649. The van der Waals surface area contributed by atoms with E-state index < -0.39 is 0 Å². The largest absolute Gasteiger partial charge is 0.338 e. The number of hydrogen-bond donors (Lipinski definition) is 1. The van der Waals surface area contributed by atoms with Crippen molar-refractivity contribution in [1.29, 1.82) is 0 Å². The number of H-pyrrole nitrogens is 1. The van der Waals surface area contributed by atoms with Gasteiger partial charge in [-0.05, 0) is 24.3 Å². The molecule has 3 rings (SSSR count). The summed E-state index contributed by atoms with van der Waals surface area (Å²) in [5.41, 5.74) is 3.02. The van der Waals surface area contributed by atoms with Crippen molar-refractivity contribution in [2.45, 2.75) is 0 Å². The number of aromatic nitrogens is 4. The molecule has 0 aliphatic rings. The first-order chi connectivity index (χ1) is 7.34. The molecule has 0 saturated heterocycles. The fourth-order valence-corrected chi connectivity index (χ4v) is 1.73. The summed E-state index contributed by atoms with van der Waals surface area (Å²) in [6.07, 6.45) is 3.57. The number of nitrogens with zero attached hydrogens (tertiary/aromatic N) is 3. The molecule has 0 unspecified atom stereocenters. The van der Waals surface area contributed by atoms with Crippen molar-refractivity contribution in [2.24, 2.45) is 7.05 Å². The zero-order valence-corrected chi connectivity index (χ0v) is 8.31. The Hall–Kier alpha value is -2.10. The zero-order chi connectivity index (χ0) is 10.3. The Balaban J connectivity index is 2.24. The lowest BCUT2D eigenvalue weighted by Crippen LogP contribution is -1.92. The molecular weight excluding hydrogens is 188 g/mol. The molecule has 0 bridgehead atoms. The van der Waals surface area contributed by atoms with Crippen LogP contribution in [0.5, 0.6) is 0 Å². The highest BCUT2D eigenvalue weighted by molar-refractivity contribution is 5.81. The van der Waals surface area contributed by atoms with Crippen molar-refractivity contribution in [3.63, 3.8) is 0 Å². The normalized spacial score (nSPS) is 11.0. The van der Waals surface area contributed by atoms with E-state index in [2.05, 4.69) is 21.1 Å². The molecular formula is C11H10N4. The summed E-state index contributed by atoms with van der Waals surface area (Å²) >= 11 is 0. The number of nitrogens with one attached hydrogen (secondary N) is 1.